The first-order valence-electron chi connectivity index (χ1n) is 10.7. The van der Waals surface area contributed by atoms with Gasteiger partial charge in [0.1, 0.15) is 0 Å². The molecule has 0 bridgehead atoms. The molecule has 31 heavy (non-hydrogen) atoms. The van der Waals surface area contributed by atoms with Crippen LogP contribution >= 0.6 is 11.3 Å². The molecular weight excluding hydrogens is 434 g/mol. The zero-order valence-corrected chi connectivity index (χ0v) is 20.2. The summed E-state index contributed by atoms with van der Waals surface area (Å²) >= 11 is 1.48. The maximum atomic E-state index is 13.1. The van der Waals surface area contributed by atoms with Crippen LogP contribution in [0.1, 0.15) is 40.9 Å². The van der Waals surface area contributed by atoms with E-state index in [0.29, 0.717) is 36.9 Å². The fourth-order valence-electron chi connectivity index (χ4n) is 3.72. The summed E-state index contributed by atoms with van der Waals surface area (Å²) in [6.07, 6.45) is 0.877. The Morgan fingerprint density at radius 3 is 2.42 bits per heavy atom. The number of amides is 1. The van der Waals surface area contributed by atoms with Gasteiger partial charge in [0, 0.05) is 31.1 Å². The minimum atomic E-state index is -3.66. The summed E-state index contributed by atoms with van der Waals surface area (Å²) in [7, 11) is -3.66. The average Bonchev–Trinajstić information content (AvgIpc) is 3.17. The van der Waals surface area contributed by atoms with Crippen LogP contribution in [0.25, 0.3) is 0 Å². The molecule has 0 spiro atoms. The van der Waals surface area contributed by atoms with Crippen molar-refractivity contribution in [3.05, 3.63) is 39.6 Å². The Bertz CT molecular complexity index is 1020. The number of aryl methyl sites for hydroxylation is 2. The van der Waals surface area contributed by atoms with E-state index in [0.717, 1.165) is 30.8 Å². The highest BCUT2D eigenvalue weighted by molar-refractivity contribution is 7.89. The standard InChI is InChI=1S/C22H31N3O4S2/c1-5-20-16(4)14-21(30-20)22(26)23-18-15-17(8-9-19(18)24(6-2)7-3)31(27,28)25-10-12-29-13-11-25/h8-9,14-15H,5-7,10-13H2,1-4H3,(H,23,26). The Hall–Kier alpha value is -1.94. The molecule has 1 saturated heterocycles. The molecule has 0 atom stereocenters. The second-order valence-electron chi connectivity index (χ2n) is 7.39. The van der Waals surface area contributed by atoms with Crippen molar-refractivity contribution in [3.63, 3.8) is 0 Å². The number of benzene rings is 1. The van der Waals surface area contributed by atoms with Gasteiger partial charge >= 0.3 is 0 Å². The predicted octanol–water partition coefficient (Wildman–Crippen LogP) is 3.74. The van der Waals surface area contributed by atoms with E-state index in [4.69, 9.17) is 4.74 Å². The maximum Gasteiger partial charge on any atom is 0.265 e. The van der Waals surface area contributed by atoms with Crippen LogP contribution in [0.15, 0.2) is 29.2 Å². The molecular formula is C22H31N3O4S2. The molecule has 1 fully saturated rings. The molecule has 1 aromatic carbocycles. The van der Waals surface area contributed by atoms with E-state index in [1.807, 2.05) is 26.8 Å². The summed E-state index contributed by atoms with van der Waals surface area (Å²) in [5.41, 5.74) is 2.42. The monoisotopic (exact) mass is 465 g/mol. The molecule has 1 aliphatic heterocycles. The number of thiophene rings is 1. The molecule has 0 aliphatic carbocycles. The van der Waals surface area contributed by atoms with Gasteiger partial charge in [0.05, 0.1) is 34.4 Å². The molecule has 0 saturated carbocycles. The molecule has 1 aromatic heterocycles. The number of morpholine rings is 1. The topological polar surface area (TPSA) is 79.0 Å². The van der Waals surface area contributed by atoms with Gasteiger partial charge in [-0.05, 0) is 57.0 Å². The smallest absolute Gasteiger partial charge is 0.265 e. The molecule has 1 aliphatic rings. The zero-order chi connectivity index (χ0) is 22.6. The van der Waals surface area contributed by atoms with E-state index < -0.39 is 10.0 Å². The highest BCUT2D eigenvalue weighted by Gasteiger charge is 2.28. The number of carbonyl (C=O) groups is 1. The van der Waals surface area contributed by atoms with E-state index in [-0.39, 0.29) is 10.8 Å². The number of rotatable bonds is 8. The van der Waals surface area contributed by atoms with Crippen molar-refractivity contribution in [1.82, 2.24) is 4.31 Å². The van der Waals surface area contributed by atoms with E-state index in [1.165, 1.54) is 20.5 Å². The molecule has 3 rings (SSSR count). The zero-order valence-electron chi connectivity index (χ0n) is 18.6. The third-order valence-corrected chi connectivity index (χ3v) is 8.77. The Kier molecular flexibility index (Phi) is 7.74. The van der Waals surface area contributed by atoms with Crippen LogP contribution < -0.4 is 10.2 Å². The molecule has 0 unspecified atom stereocenters. The van der Waals surface area contributed by atoms with Gasteiger partial charge in [0.15, 0.2) is 0 Å². The highest BCUT2D eigenvalue weighted by atomic mass is 32.2. The Labute approximate surface area is 189 Å². The molecule has 1 N–H and O–H groups in total. The number of nitrogens with one attached hydrogen (secondary N) is 1. The van der Waals surface area contributed by atoms with E-state index >= 15 is 0 Å². The van der Waals surface area contributed by atoms with Crippen molar-refractivity contribution in [2.75, 3.05) is 49.6 Å². The quantitative estimate of drug-likeness (QED) is 0.643. The van der Waals surface area contributed by atoms with Crippen molar-refractivity contribution in [2.45, 2.75) is 39.0 Å². The molecule has 170 valence electrons. The molecule has 2 heterocycles. The summed E-state index contributed by atoms with van der Waals surface area (Å²) in [6, 6.07) is 6.88. The summed E-state index contributed by atoms with van der Waals surface area (Å²) in [6.45, 7) is 11.1. The van der Waals surface area contributed by atoms with Crippen LogP contribution in [0.5, 0.6) is 0 Å². The molecule has 0 radical (unpaired) electrons. The fraction of sp³-hybridized carbons (Fsp3) is 0.500. The predicted molar refractivity (Wildman–Crippen MR) is 126 cm³/mol. The van der Waals surface area contributed by atoms with E-state index in [9.17, 15) is 13.2 Å². The highest BCUT2D eigenvalue weighted by Crippen LogP contribution is 2.32. The minimum Gasteiger partial charge on any atom is -0.379 e. The average molecular weight is 466 g/mol. The number of ether oxygens (including phenoxy) is 1. The third-order valence-electron chi connectivity index (χ3n) is 5.49. The summed E-state index contributed by atoms with van der Waals surface area (Å²) in [5.74, 6) is -0.220. The first kappa shape index (κ1) is 23.7. The molecule has 7 nitrogen and oxygen atoms in total. The maximum absolute atomic E-state index is 13.1. The van der Waals surface area contributed by atoms with Crippen LogP contribution in [0.3, 0.4) is 0 Å². The largest absolute Gasteiger partial charge is 0.379 e. The molecule has 9 heteroatoms. The van der Waals surface area contributed by atoms with Crippen LogP contribution in [0.2, 0.25) is 0 Å². The normalized spacial score (nSPS) is 15.1. The van der Waals surface area contributed by atoms with Gasteiger partial charge in [0.2, 0.25) is 10.0 Å². The second kappa shape index (κ2) is 10.1. The SMILES string of the molecule is CCc1sc(C(=O)Nc2cc(S(=O)(=O)N3CCOCC3)ccc2N(CC)CC)cc1C. The summed E-state index contributed by atoms with van der Waals surface area (Å²) in [4.78, 5) is 17.1. The van der Waals surface area contributed by atoms with Gasteiger partial charge in [-0.2, -0.15) is 4.31 Å². The van der Waals surface area contributed by atoms with Crippen molar-refractivity contribution in [3.8, 4) is 0 Å². The number of hydrogen-bond acceptors (Lipinski definition) is 6. The van der Waals surface area contributed by atoms with Crippen LogP contribution in [-0.4, -0.2) is 58.0 Å². The number of carbonyl (C=O) groups excluding carboxylic acids is 1. The van der Waals surface area contributed by atoms with Crippen molar-refractivity contribution in [1.29, 1.82) is 0 Å². The first-order valence-corrected chi connectivity index (χ1v) is 12.9. The van der Waals surface area contributed by atoms with Crippen LogP contribution in [0.4, 0.5) is 11.4 Å². The molecule has 2 aromatic rings. The van der Waals surface area contributed by atoms with Crippen molar-refractivity contribution >= 4 is 38.6 Å². The number of sulfonamides is 1. The van der Waals surface area contributed by atoms with Gasteiger partial charge in [-0.25, -0.2) is 8.42 Å². The second-order valence-corrected chi connectivity index (χ2v) is 10.5. The van der Waals surface area contributed by atoms with E-state index in [2.05, 4.69) is 17.1 Å². The summed E-state index contributed by atoms with van der Waals surface area (Å²) in [5, 5.41) is 2.98. The fourth-order valence-corrected chi connectivity index (χ4v) is 6.16. The number of hydrogen-bond donors (Lipinski definition) is 1. The lowest BCUT2D eigenvalue weighted by molar-refractivity contribution is 0.0730. The van der Waals surface area contributed by atoms with Gasteiger partial charge in [-0.3, -0.25) is 4.79 Å². The number of anilines is 2. The Balaban J connectivity index is 1.98. The van der Waals surface area contributed by atoms with Crippen LogP contribution in [-0.2, 0) is 21.2 Å². The Morgan fingerprint density at radius 1 is 1.16 bits per heavy atom. The van der Waals surface area contributed by atoms with Gasteiger partial charge in [0.25, 0.3) is 5.91 Å². The van der Waals surface area contributed by atoms with Gasteiger partial charge in [-0.1, -0.05) is 6.92 Å². The lowest BCUT2D eigenvalue weighted by Gasteiger charge is -2.28. The molecule has 1 amide bonds. The third kappa shape index (κ3) is 5.11. The van der Waals surface area contributed by atoms with Gasteiger partial charge in [-0.15, -0.1) is 11.3 Å². The lowest BCUT2D eigenvalue weighted by Crippen LogP contribution is -2.40. The lowest BCUT2D eigenvalue weighted by atomic mass is 10.2. The minimum absolute atomic E-state index is 0.178. The summed E-state index contributed by atoms with van der Waals surface area (Å²) < 4.78 is 33.0. The first-order chi connectivity index (χ1) is 14.8. The van der Waals surface area contributed by atoms with Crippen molar-refractivity contribution < 1.29 is 17.9 Å². The Morgan fingerprint density at radius 2 is 1.84 bits per heavy atom. The van der Waals surface area contributed by atoms with Crippen molar-refractivity contribution in [2.24, 2.45) is 0 Å². The number of nitrogens with zero attached hydrogens (tertiary/aromatic N) is 2. The van der Waals surface area contributed by atoms with Crippen LogP contribution in [0, 0.1) is 6.92 Å². The van der Waals surface area contributed by atoms with Gasteiger partial charge < -0.3 is 15.0 Å². The van der Waals surface area contributed by atoms with E-state index in [1.54, 1.807) is 18.2 Å².